The number of hydrazone groups is 1. The van der Waals surface area contributed by atoms with Crippen LogP contribution < -0.4 is 5.43 Å². The van der Waals surface area contributed by atoms with Crippen LogP contribution in [0.5, 0.6) is 0 Å². The van der Waals surface area contributed by atoms with Gasteiger partial charge in [0.1, 0.15) is 0 Å². The summed E-state index contributed by atoms with van der Waals surface area (Å²) in [6.45, 7) is 2.15. The topological polar surface area (TPSA) is 24.4 Å². The summed E-state index contributed by atoms with van der Waals surface area (Å²) < 4.78 is 1.15. The van der Waals surface area contributed by atoms with Crippen LogP contribution in [-0.2, 0) is 5.75 Å². The fraction of sp³-hybridized carbons (Fsp3) is 0.300. The molecule has 0 aliphatic carbocycles. The zero-order valence-electron chi connectivity index (χ0n) is 7.99. The van der Waals surface area contributed by atoms with Crippen molar-refractivity contribution in [3.63, 3.8) is 0 Å². The van der Waals surface area contributed by atoms with Crippen molar-refractivity contribution in [1.82, 2.24) is 5.43 Å². The number of nitrogens with one attached hydrogen (secondary N) is 1. The van der Waals surface area contributed by atoms with Gasteiger partial charge in [-0.2, -0.15) is 5.10 Å². The van der Waals surface area contributed by atoms with Gasteiger partial charge in [0.15, 0.2) is 4.38 Å². The van der Waals surface area contributed by atoms with E-state index in [0.717, 1.165) is 16.0 Å². The van der Waals surface area contributed by atoms with E-state index in [1.54, 1.807) is 23.5 Å². The number of hydrogen-bond acceptors (Lipinski definition) is 4. The molecule has 1 aliphatic rings. The monoisotopic (exact) mass is 224 g/mol. The molecule has 1 aliphatic heterocycles. The highest BCUT2D eigenvalue weighted by atomic mass is 32.2. The van der Waals surface area contributed by atoms with Gasteiger partial charge in [-0.05, 0) is 18.1 Å². The molecule has 1 heterocycles. The first-order chi connectivity index (χ1) is 6.86. The smallest absolute Gasteiger partial charge is 0.152 e. The van der Waals surface area contributed by atoms with E-state index in [1.165, 1.54) is 11.1 Å². The van der Waals surface area contributed by atoms with Crippen molar-refractivity contribution in [1.29, 1.82) is 0 Å². The average Bonchev–Trinajstić information content (AvgIpc) is 2.69. The van der Waals surface area contributed by atoms with Crippen LogP contribution in [0.4, 0.5) is 0 Å². The zero-order valence-corrected chi connectivity index (χ0v) is 9.62. The molecule has 4 heteroatoms. The van der Waals surface area contributed by atoms with Crippen LogP contribution in [0.2, 0.25) is 0 Å². The molecular weight excluding hydrogens is 212 g/mol. The summed E-state index contributed by atoms with van der Waals surface area (Å²) in [5.41, 5.74) is 5.71. The molecule has 0 amide bonds. The van der Waals surface area contributed by atoms with E-state index in [0.29, 0.717) is 0 Å². The molecule has 0 fully saturated rings. The lowest BCUT2D eigenvalue weighted by atomic mass is 10.1. The van der Waals surface area contributed by atoms with E-state index in [4.69, 9.17) is 0 Å². The maximum absolute atomic E-state index is 4.17. The first-order valence-electron chi connectivity index (χ1n) is 4.47. The molecule has 1 N–H and O–H groups in total. The lowest BCUT2D eigenvalue weighted by molar-refractivity contribution is 0.895. The Morgan fingerprint density at radius 3 is 3.07 bits per heavy atom. The lowest BCUT2D eigenvalue weighted by Crippen LogP contribution is -1.93. The highest BCUT2D eigenvalue weighted by Gasteiger charge is 2.07. The van der Waals surface area contributed by atoms with Crippen LogP contribution in [0.25, 0.3) is 0 Å². The van der Waals surface area contributed by atoms with E-state index in [9.17, 15) is 0 Å². The maximum Gasteiger partial charge on any atom is 0.152 e. The third-order valence-corrected chi connectivity index (χ3v) is 4.16. The normalized spacial score (nSPS) is 15.1. The first kappa shape index (κ1) is 9.93. The fourth-order valence-electron chi connectivity index (χ4n) is 1.21. The molecule has 0 radical (unpaired) electrons. The van der Waals surface area contributed by atoms with E-state index in [-0.39, 0.29) is 0 Å². The molecule has 1 aromatic rings. The van der Waals surface area contributed by atoms with E-state index >= 15 is 0 Å². The Morgan fingerprint density at radius 2 is 2.36 bits per heavy atom. The summed E-state index contributed by atoms with van der Waals surface area (Å²) in [5, 5.41) is 4.17. The number of hydrogen-bond donors (Lipinski definition) is 1. The summed E-state index contributed by atoms with van der Waals surface area (Å²) in [6.07, 6.45) is 0. The SMILES string of the molecule is Cc1ccccc1CSC1=NNCS1. The minimum atomic E-state index is 0.913. The van der Waals surface area contributed by atoms with Crippen molar-refractivity contribution >= 4 is 27.9 Å². The molecule has 0 bridgehead atoms. The van der Waals surface area contributed by atoms with Gasteiger partial charge in [0.2, 0.25) is 0 Å². The Morgan fingerprint density at radius 1 is 1.50 bits per heavy atom. The molecule has 0 saturated carbocycles. The molecule has 0 aromatic heterocycles. The summed E-state index contributed by atoms with van der Waals surface area (Å²) in [4.78, 5) is 0. The summed E-state index contributed by atoms with van der Waals surface area (Å²) >= 11 is 3.57. The Kier molecular flexibility index (Phi) is 3.37. The number of aryl methyl sites for hydroxylation is 1. The second-order valence-electron chi connectivity index (χ2n) is 3.04. The van der Waals surface area contributed by atoms with Crippen molar-refractivity contribution in [2.75, 3.05) is 5.88 Å². The van der Waals surface area contributed by atoms with Gasteiger partial charge < -0.3 is 0 Å². The molecule has 0 atom stereocenters. The lowest BCUT2D eigenvalue weighted by Gasteiger charge is -2.03. The third-order valence-electron chi connectivity index (χ3n) is 2.04. The van der Waals surface area contributed by atoms with E-state index in [1.807, 2.05) is 0 Å². The van der Waals surface area contributed by atoms with Gasteiger partial charge in [0, 0.05) is 5.75 Å². The molecule has 14 heavy (non-hydrogen) atoms. The molecule has 2 rings (SSSR count). The van der Waals surface area contributed by atoms with Crippen LogP contribution in [0.3, 0.4) is 0 Å². The molecule has 0 unspecified atom stereocenters. The third kappa shape index (κ3) is 2.45. The van der Waals surface area contributed by atoms with Crippen molar-refractivity contribution in [2.24, 2.45) is 5.10 Å². The predicted octanol–water partition coefficient (Wildman–Crippen LogP) is 2.79. The molecule has 74 valence electrons. The molecule has 0 saturated heterocycles. The number of thioether (sulfide) groups is 2. The summed E-state index contributed by atoms with van der Waals surface area (Å²) in [7, 11) is 0. The Bertz CT molecular complexity index is 350. The van der Waals surface area contributed by atoms with Crippen LogP contribution in [-0.4, -0.2) is 10.3 Å². The standard InChI is InChI=1S/C10H12N2S2/c1-8-4-2-3-5-9(8)6-13-10-12-11-7-14-10/h2-5,11H,6-7H2,1H3. The minimum absolute atomic E-state index is 0.913. The second-order valence-corrected chi connectivity index (χ2v) is 5.23. The molecule has 0 spiro atoms. The quantitative estimate of drug-likeness (QED) is 0.836. The second kappa shape index (κ2) is 4.75. The van der Waals surface area contributed by atoms with Gasteiger partial charge in [0.05, 0.1) is 5.88 Å². The average molecular weight is 224 g/mol. The van der Waals surface area contributed by atoms with Crippen LogP contribution in [0.15, 0.2) is 29.4 Å². The van der Waals surface area contributed by atoms with Crippen molar-refractivity contribution in [3.8, 4) is 0 Å². The van der Waals surface area contributed by atoms with Crippen LogP contribution >= 0.6 is 23.5 Å². The highest BCUT2D eigenvalue weighted by Crippen LogP contribution is 2.24. The van der Waals surface area contributed by atoms with Gasteiger partial charge in [-0.3, -0.25) is 5.43 Å². The fourth-order valence-corrected chi connectivity index (χ4v) is 3.01. The maximum atomic E-state index is 4.17. The Hall–Kier alpha value is -0.610. The van der Waals surface area contributed by atoms with Crippen LogP contribution in [0.1, 0.15) is 11.1 Å². The Labute approximate surface area is 92.5 Å². The van der Waals surface area contributed by atoms with Gasteiger partial charge >= 0.3 is 0 Å². The van der Waals surface area contributed by atoms with Gasteiger partial charge in [-0.25, -0.2) is 0 Å². The van der Waals surface area contributed by atoms with Crippen molar-refractivity contribution in [3.05, 3.63) is 35.4 Å². The largest absolute Gasteiger partial charge is 0.298 e. The van der Waals surface area contributed by atoms with Crippen molar-refractivity contribution < 1.29 is 0 Å². The molecule has 2 nitrogen and oxygen atoms in total. The number of benzene rings is 1. The van der Waals surface area contributed by atoms with E-state index in [2.05, 4.69) is 41.7 Å². The van der Waals surface area contributed by atoms with Gasteiger partial charge in [-0.15, -0.1) is 0 Å². The van der Waals surface area contributed by atoms with Crippen molar-refractivity contribution in [2.45, 2.75) is 12.7 Å². The summed E-state index contributed by atoms with van der Waals surface area (Å²) in [5.74, 6) is 1.93. The molecular formula is C10H12N2S2. The number of nitrogens with zero attached hydrogens (tertiary/aromatic N) is 1. The Balaban J connectivity index is 1.94. The highest BCUT2D eigenvalue weighted by molar-refractivity contribution is 8.38. The number of rotatable bonds is 2. The van der Waals surface area contributed by atoms with Crippen LogP contribution in [0, 0.1) is 6.92 Å². The van der Waals surface area contributed by atoms with Gasteiger partial charge in [0.25, 0.3) is 0 Å². The zero-order chi connectivity index (χ0) is 9.80. The minimum Gasteiger partial charge on any atom is -0.298 e. The summed E-state index contributed by atoms with van der Waals surface area (Å²) in [6, 6.07) is 8.49. The predicted molar refractivity (Wildman–Crippen MR) is 65.5 cm³/mol. The first-order valence-corrected chi connectivity index (χ1v) is 6.44. The van der Waals surface area contributed by atoms with E-state index < -0.39 is 0 Å². The van der Waals surface area contributed by atoms with Gasteiger partial charge in [-0.1, -0.05) is 47.8 Å². The molecule has 1 aromatic carbocycles.